The van der Waals surface area contributed by atoms with Crippen LogP contribution in [0.4, 0.5) is 0 Å². The Morgan fingerprint density at radius 3 is 2.65 bits per heavy atom. The van der Waals surface area contributed by atoms with Gasteiger partial charge in [-0.25, -0.2) is 0 Å². The number of aliphatic carboxylic acids is 1. The number of fused-ring (bicyclic) bond motifs is 1. The van der Waals surface area contributed by atoms with Crippen LogP contribution in [0.25, 0.3) is 0 Å². The molecule has 2 unspecified atom stereocenters. The molecule has 1 aromatic carbocycles. The minimum absolute atomic E-state index is 0.0449. The SMILES string of the molecule is Cc1ccc(O)c2c1C(C)CC2N(CC(=O)O)C1CC1. The van der Waals surface area contributed by atoms with Crippen molar-refractivity contribution in [2.75, 3.05) is 6.54 Å². The molecule has 2 aliphatic carbocycles. The van der Waals surface area contributed by atoms with Crippen molar-refractivity contribution in [3.05, 3.63) is 28.8 Å². The van der Waals surface area contributed by atoms with Crippen molar-refractivity contribution in [2.45, 2.75) is 51.1 Å². The Hall–Kier alpha value is -1.55. The third-order valence-electron chi connectivity index (χ3n) is 4.62. The Kier molecular flexibility index (Phi) is 3.21. The van der Waals surface area contributed by atoms with Gasteiger partial charge in [-0.1, -0.05) is 13.0 Å². The molecule has 1 aromatic rings. The second-order valence-corrected chi connectivity index (χ2v) is 6.18. The third-order valence-corrected chi connectivity index (χ3v) is 4.62. The van der Waals surface area contributed by atoms with Crippen LogP contribution in [0.2, 0.25) is 0 Å². The van der Waals surface area contributed by atoms with Crippen molar-refractivity contribution < 1.29 is 15.0 Å². The van der Waals surface area contributed by atoms with E-state index in [0.29, 0.717) is 17.7 Å². The number of aromatic hydroxyl groups is 1. The zero-order chi connectivity index (χ0) is 14.4. The molecule has 1 saturated carbocycles. The highest BCUT2D eigenvalue weighted by atomic mass is 16.4. The van der Waals surface area contributed by atoms with Crippen molar-refractivity contribution in [1.29, 1.82) is 0 Å². The fourth-order valence-corrected chi connectivity index (χ4v) is 3.67. The Morgan fingerprint density at radius 2 is 2.05 bits per heavy atom. The number of aryl methyl sites for hydroxylation is 1. The molecule has 20 heavy (non-hydrogen) atoms. The molecule has 0 bridgehead atoms. The fourth-order valence-electron chi connectivity index (χ4n) is 3.67. The second kappa shape index (κ2) is 4.77. The predicted molar refractivity (Wildman–Crippen MR) is 76.0 cm³/mol. The van der Waals surface area contributed by atoms with Gasteiger partial charge in [0.2, 0.25) is 0 Å². The van der Waals surface area contributed by atoms with Gasteiger partial charge in [0.05, 0.1) is 6.54 Å². The highest BCUT2D eigenvalue weighted by Crippen LogP contribution is 2.50. The number of nitrogens with zero attached hydrogens (tertiary/aromatic N) is 1. The van der Waals surface area contributed by atoms with E-state index in [-0.39, 0.29) is 12.6 Å². The molecular formula is C16H21NO3. The summed E-state index contributed by atoms with van der Waals surface area (Å²) in [4.78, 5) is 13.2. The summed E-state index contributed by atoms with van der Waals surface area (Å²) in [6, 6.07) is 4.11. The van der Waals surface area contributed by atoms with Gasteiger partial charge in [-0.3, -0.25) is 9.69 Å². The van der Waals surface area contributed by atoms with Crippen molar-refractivity contribution in [1.82, 2.24) is 4.90 Å². The Bertz CT molecular complexity index is 551. The first-order valence-corrected chi connectivity index (χ1v) is 7.29. The molecule has 0 heterocycles. The first-order chi connectivity index (χ1) is 9.49. The molecule has 4 nitrogen and oxygen atoms in total. The van der Waals surface area contributed by atoms with E-state index >= 15 is 0 Å². The van der Waals surface area contributed by atoms with Crippen molar-refractivity contribution >= 4 is 5.97 Å². The minimum atomic E-state index is -0.787. The van der Waals surface area contributed by atoms with E-state index in [1.165, 1.54) is 11.1 Å². The molecule has 2 atom stereocenters. The smallest absolute Gasteiger partial charge is 0.317 e. The highest BCUT2D eigenvalue weighted by Gasteiger charge is 2.42. The van der Waals surface area contributed by atoms with Crippen LogP contribution in [0.1, 0.15) is 54.8 Å². The van der Waals surface area contributed by atoms with Crippen molar-refractivity contribution in [3.8, 4) is 5.75 Å². The number of hydrogen-bond acceptors (Lipinski definition) is 3. The lowest BCUT2D eigenvalue weighted by Gasteiger charge is -2.28. The summed E-state index contributed by atoms with van der Waals surface area (Å²) in [5.74, 6) is -0.0988. The number of carboxylic acid groups (broad SMARTS) is 1. The predicted octanol–water partition coefficient (Wildman–Crippen LogP) is 2.80. The van der Waals surface area contributed by atoms with Gasteiger partial charge in [0.1, 0.15) is 5.75 Å². The van der Waals surface area contributed by atoms with Crippen LogP contribution in [-0.4, -0.2) is 33.7 Å². The number of carboxylic acids is 1. The number of phenols is 1. The van der Waals surface area contributed by atoms with Crippen LogP contribution in [0.15, 0.2) is 12.1 Å². The summed E-state index contributed by atoms with van der Waals surface area (Å²) >= 11 is 0. The summed E-state index contributed by atoms with van der Waals surface area (Å²) in [6.07, 6.45) is 3.04. The number of rotatable bonds is 4. The quantitative estimate of drug-likeness (QED) is 0.887. The topological polar surface area (TPSA) is 60.8 Å². The largest absolute Gasteiger partial charge is 0.508 e. The van der Waals surface area contributed by atoms with Gasteiger partial charge >= 0.3 is 5.97 Å². The van der Waals surface area contributed by atoms with Crippen molar-refractivity contribution in [3.63, 3.8) is 0 Å². The highest BCUT2D eigenvalue weighted by molar-refractivity contribution is 5.69. The van der Waals surface area contributed by atoms with E-state index in [2.05, 4.69) is 18.7 Å². The molecule has 0 saturated heterocycles. The monoisotopic (exact) mass is 275 g/mol. The second-order valence-electron chi connectivity index (χ2n) is 6.18. The molecular weight excluding hydrogens is 254 g/mol. The first-order valence-electron chi connectivity index (χ1n) is 7.29. The Labute approximate surface area is 119 Å². The van der Waals surface area contributed by atoms with E-state index in [1.54, 1.807) is 6.07 Å². The molecule has 0 amide bonds. The van der Waals surface area contributed by atoms with Gasteiger partial charge in [-0.15, -0.1) is 0 Å². The maximum atomic E-state index is 11.1. The number of carbonyl (C=O) groups is 1. The number of benzene rings is 1. The van der Waals surface area contributed by atoms with Gasteiger partial charge in [0.15, 0.2) is 0 Å². The van der Waals surface area contributed by atoms with E-state index < -0.39 is 5.97 Å². The number of phenolic OH excluding ortho intramolecular Hbond substituents is 1. The molecule has 4 heteroatoms. The van der Waals surface area contributed by atoms with Crippen molar-refractivity contribution in [2.24, 2.45) is 0 Å². The van der Waals surface area contributed by atoms with Gasteiger partial charge in [-0.05, 0) is 49.3 Å². The molecule has 2 aliphatic rings. The standard InChI is InChI=1S/C16H21NO3/c1-9-3-6-13(18)16-12(7-10(2)15(9)16)17(8-14(19)20)11-4-5-11/h3,6,10-12,18H,4-5,7-8H2,1-2H3,(H,19,20). The molecule has 0 spiro atoms. The van der Waals surface area contributed by atoms with Crippen LogP contribution in [0.5, 0.6) is 5.75 Å². The molecule has 1 fully saturated rings. The average Bonchev–Trinajstić information content (AvgIpc) is 3.15. The molecule has 2 N–H and O–H groups in total. The lowest BCUT2D eigenvalue weighted by molar-refractivity contribution is -0.139. The zero-order valence-corrected chi connectivity index (χ0v) is 12.0. The summed E-state index contributed by atoms with van der Waals surface area (Å²) in [6.45, 7) is 4.29. The van der Waals surface area contributed by atoms with Crippen LogP contribution >= 0.6 is 0 Å². The fraction of sp³-hybridized carbons (Fsp3) is 0.562. The summed E-state index contributed by atoms with van der Waals surface area (Å²) in [5, 5.41) is 19.4. The Balaban J connectivity index is 2.01. The molecule has 0 radical (unpaired) electrons. The minimum Gasteiger partial charge on any atom is -0.508 e. The third kappa shape index (κ3) is 2.18. The van der Waals surface area contributed by atoms with Crippen LogP contribution in [0, 0.1) is 6.92 Å². The van der Waals surface area contributed by atoms with Gasteiger partial charge in [-0.2, -0.15) is 0 Å². The average molecular weight is 275 g/mol. The van der Waals surface area contributed by atoms with E-state index in [1.807, 2.05) is 6.07 Å². The lowest BCUT2D eigenvalue weighted by Crippen LogP contribution is -2.34. The van der Waals surface area contributed by atoms with Gasteiger partial charge < -0.3 is 10.2 Å². The first kappa shape index (κ1) is 13.4. The van der Waals surface area contributed by atoms with E-state index in [9.17, 15) is 9.90 Å². The lowest BCUT2D eigenvalue weighted by atomic mass is 9.97. The molecule has 0 aliphatic heterocycles. The Morgan fingerprint density at radius 1 is 1.35 bits per heavy atom. The van der Waals surface area contributed by atoms with Gasteiger partial charge in [0, 0.05) is 17.6 Å². The van der Waals surface area contributed by atoms with Crippen LogP contribution in [0.3, 0.4) is 0 Å². The van der Waals surface area contributed by atoms with Gasteiger partial charge in [0.25, 0.3) is 0 Å². The normalized spacial score (nSPS) is 24.9. The zero-order valence-electron chi connectivity index (χ0n) is 12.0. The summed E-state index contributed by atoms with van der Waals surface area (Å²) in [5.41, 5.74) is 3.37. The summed E-state index contributed by atoms with van der Waals surface area (Å²) < 4.78 is 0. The van der Waals surface area contributed by atoms with E-state index in [4.69, 9.17) is 5.11 Å². The van der Waals surface area contributed by atoms with Crippen LogP contribution < -0.4 is 0 Å². The molecule has 3 rings (SSSR count). The van der Waals surface area contributed by atoms with Crippen LogP contribution in [-0.2, 0) is 4.79 Å². The molecule has 0 aromatic heterocycles. The van der Waals surface area contributed by atoms with E-state index in [0.717, 1.165) is 24.8 Å². The summed E-state index contributed by atoms with van der Waals surface area (Å²) in [7, 11) is 0. The number of hydrogen-bond donors (Lipinski definition) is 2. The maximum absolute atomic E-state index is 11.1. The molecule has 108 valence electrons. The maximum Gasteiger partial charge on any atom is 0.317 e.